The minimum Gasteiger partial charge on any atom is -0.478 e. The van der Waals surface area contributed by atoms with Crippen LogP contribution in [-0.4, -0.2) is 55.2 Å². The summed E-state index contributed by atoms with van der Waals surface area (Å²) in [5, 5.41) is 31.2. The minimum absolute atomic E-state index is 0.442. The van der Waals surface area contributed by atoms with Crippen LogP contribution in [0.1, 0.15) is 10.4 Å². The summed E-state index contributed by atoms with van der Waals surface area (Å²) in [6, 6.07) is 3.29. The van der Waals surface area contributed by atoms with E-state index < -0.39 is 29.8 Å². The molecule has 6 N–H and O–H groups in total. The van der Waals surface area contributed by atoms with Crippen molar-refractivity contribution >= 4 is 29.8 Å². The van der Waals surface area contributed by atoms with Gasteiger partial charge in [0.15, 0.2) is 0 Å². The molecular weight excluding hydrogens is 340 g/mol. The Hall–Kier alpha value is -4.02. The molecule has 0 bridgehead atoms. The van der Waals surface area contributed by atoms with Crippen LogP contribution in [0.5, 0.6) is 0 Å². The van der Waals surface area contributed by atoms with E-state index in [1.54, 1.807) is 18.3 Å². The van der Waals surface area contributed by atoms with Crippen molar-refractivity contribution in [1.29, 1.82) is 0 Å². The summed E-state index contributed by atoms with van der Waals surface area (Å²) in [5.41, 5.74) is 5.38. The maximum Gasteiger partial charge on any atom is 0.328 e. The Bertz CT molecular complexity index is 600. The number of primary amides is 1. The molecule has 1 heterocycles. The zero-order valence-corrected chi connectivity index (χ0v) is 12.5. The second kappa shape index (κ2) is 13.6. The molecule has 0 aliphatic rings. The van der Waals surface area contributed by atoms with Crippen molar-refractivity contribution < 1.29 is 44.4 Å². The van der Waals surface area contributed by atoms with Crippen molar-refractivity contribution in [3.63, 3.8) is 0 Å². The number of nitrogens with zero attached hydrogens (tertiary/aromatic N) is 1. The van der Waals surface area contributed by atoms with Crippen LogP contribution in [0.2, 0.25) is 0 Å². The van der Waals surface area contributed by atoms with E-state index in [1.807, 2.05) is 0 Å². The fourth-order valence-corrected chi connectivity index (χ4v) is 0.794. The summed E-state index contributed by atoms with van der Waals surface area (Å²) in [4.78, 5) is 52.3. The van der Waals surface area contributed by atoms with E-state index in [-0.39, 0.29) is 0 Å². The predicted molar refractivity (Wildman–Crippen MR) is 81.6 cm³/mol. The molecule has 0 fully saturated rings. The number of pyridine rings is 1. The first-order chi connectivity index (χ1) is 11.6. The average molecular weight is 354 g/mol. The number of hydrogen-bond acceptors (Lipinski definition) is 6. The Kier molecular flexibility index (Phi) is 12.7. The van der Waals surface area contributed by atoms with Crippen LogP contribution in [0, 0.1) is 0 Å². The summed E-state index contributed by atoms with van der Waals surface area (Å²) in [6.07, 6.45) is 5.25. The smallest absolute Gasteiger partial charge is 0.328 e. The van der Waals surface area contributed by atoms with Gasteiger partial charge in [-0.05, 0) is 12.1 Å². The molecule has 0 saturated carbocycles. The van der Waals surface area contributed by atoms with Gasteiger partial charge in [0, 0.05) is 36.7 Å². The van der Waals surface area contributed by atoms with Crippen LogP contribution in [0.3, 0.4) is 0 Å². The number of rotatable bonds is 5. The normalized spacial score (nSPS) is 9.28. The first-order valence-electron chi connectivity index (χ1n) is 6.04. The maximum absolute atomic E-state index is 10.4. The Morgan fingerprint density at radius 1 is 0.800 bits per heavy atom. The molecule has 0 radical (unpaired) electrons. The topological polar surface area (TPSA) is 205 Å². The Morgan fingerprint density at radius 2 is 1.16 bits per heavy atom. The molecule has 0 spiro atoms. The molecule has 0 atom stereocenters. The van der Waals surface area contributed by atoms with Crippen LogP contribution in [0.4, 0.5) is 0 Å². The van der Waals surface area contributed by atoms with E-state index in [0.29, 0.717) is 29.9 Å². The van der Waals surface area contributed by atoms with Gasteiger partial charge in [-0.3, -0.25) is 9.78 Å². The summed E-state index contributed by atoms with van der Waals surface area (Å²) in [7, 11) is 0. The van der Waals surface area contributed by atoms with Gasteiger partial charge in [0.25, 0.3) is 0 Å². The number of nitrogens with two attached hydrogens (primary N) is 1. The highest BCUT2D eigenvalue weighted by Gasteiger charge is 1.95. The van der Waals surface area contributed by atoms with Gasteiger partial charge < -0.3 is 26.2 Å². The number of hydrogen-bond donors (Lipinski definition) is 5. The first kappa shape index (κ1) is 23.2. The standard InChI is InChI=1S/C6H6N2O.2C4H4O4/c7-6(9)5-2-1-3-8-4-5;2*5-3(6)1-2-4(7)8/h1-4H,(H2,7,9);2*1-2H,(H,5,6)(H,7,8)/b;2*2-1+. The molecule has 25 heavy (non-hydrogen) atoms. The first-order valence-corrected chi connectivity index (χ1v) is 6.04. The van der Waals surface area contributed by atoms with Gasteiger partial charge >= 0.3 is 23.9 Å². The highest BCUT2D eigenvalue weighted by atomic mass is 16.4. The average Bonchev–Trinajstić information content (AvgIpc) is 2.53. The second-order valence-corrected chi connectivity index (χ2v) is 3.63. The van der Waals surface area contributed by atoms with Gasteiger partial charge in [-0.15, -0.1) is 0 Å². The number of carboxylic acids is 4. The SMILES string of the molecule is NC(=O)c1cccnc1.O=C(O)/C=C/C(=O)O.O=C(O)/C=C/C(=O)O. The van der Waals surface area contributed by atoms with Crippen molar-refractivity contribution in [2.75, 3.05) is 0 Å². The molecule has 0 unspecified atom stereocenters. The molecule has 1 aromatic heterocycles. The molecular formula is C14H14N2O9. The highest BCUT2D eigenvalue weighted by Crippen LogP contribution is 1.91. The van der Waals surface area contributed by atoms with Crippen LogP contribution >= 0.6 is 0 Å². The maximum atomic E-state index is 10.4. The predicted octanol–water partition coefficient (Wildman–Crippen LogP) is -0.396. The summed E-state index contributed by atoms with van der Waals surface area (Å²) in [6.45, 7) is 0. The molecule has 0 aliphatic carbocycles. The molecule has 134 valence electrons. The van der Waals surface area contributed by atoms with Gasteiger partial charge in [-0.25, -0.2) is 19.2 Å². The quantitative estimate of drug-likeness (QED) is 0.432. The van der Waals surface area contributed by atoms with Crippen LogP contribution < -0.4 is 5.73 Å². The van der Waals surface area contributed by atoms with Crippen molar-refractivity contribution in [3.05, 3.63) is 54.4 Å². The zero-order chi connectivity index (χ0) is 19.8. The van der Waals surface area contributed by atoms with Gasteiger partial charge in [0.05, 0.1) is 5.56 Å². The van der Waals surface area contributed by atoms with Crippen LogP contribution in [-0.2, 0) is 19.2 Å². The molecule has 0 aliphatic heterocycles. The lowest BCUT2D eigenvalue weighted by atomic mass is 10.3. The van der Waals surface area contributed by atoms with Crippen LogP contribution in [0.15, 0.2) is 48.8 Å². The molecule has 0 saturated heterocycles. The number of amides is 1. The van der Waals surface area contributed by atoms with E-state index in [2.05, 4.69) is 4.98 Å². The van der Waals surface area contributed by atoms with Crippen LogP contribution in [0.25, 0.3) is 0 Å². The Labute approximate surface area is 140 Å². The lowest BCUT2D eigenvalue weighted by Crippen LogP contribution is -2.10. The van der Waals surface area contributed by atoms with Crippen molar-refractivity contribution in [3.8, 4) is 0 Å². The third-order valence-electron chi connectivity index (χ3n) is 1.68. The minimum atomic E-state index is -1.26. The number of carbonyl (C=O) groups is 5. The lowest BCUT2D eigenvalue weighted by Gasteiger charge is -1.88. The zero-order valence-electron chi connectivity index (χ0n) is 12.5. The number of aliphatic carboxylic acids is 4. The lowest BCUT2D eigenvalue weighted by molar-refractivity contribution is -0.134. The van der Waals surface area contributed by atoms with E-state index in [0.717, 1.165) is 0 Å². The number of aromatic nitrogens is 1. The summed E-state index contributed by atoms with van der Waals surface area (Å²) in [5.74, 6) is -5.47. The van der Waals surface area contributed by atoms with Crippen molar-refractivity contribution in [1.82, 2.24) is 4.98 Å². The summed E-state index contributed by atoms with van der Waals surface area (Å²) >= 11 is 0. The third kappa shape index (κ3) is 20.0. The van der Waals surface area contributed by atoms with E-state index in [9.17, 15) is 24.0 Å². The van der Waals surface area contributed by atoms with E-state index in [4.69, 9.17) is 26.2 Å². The fraction of sp³-hybridized carbons (Fsp3) is 0. The summed E-state index contributed by atoms with van der Waals surface area (Å²) < 4.78 is 0. The van der Waals surface area contributed by atoms with Gasteiger partial charge in [-0.2, -0.15) is 0 Å². The largest absolute Gasteiger partial charge is 0.478 e. The molecule has 0 aromatic carbocycles. The fourth-order valence-electron chi connectivity index (χ4n) is 0.794. The van der Waals surface area contributed by atoms with E-state index in [1.165, 1.54) is 6.20 Å². The highest BCUT2D eigenvalue weighted by molar-refractivity contribution is 5.92. The van der Waals surface area contributed by atoms with Gasteiger partial charge in [0.1, 0.15) is 0 Å². The molecule has 11 heteroatoms. The molecule has 1 rings (SSSR count). The Morgan fingerprint density at radius 3 is 1.32 bits per heavy atom. The van der Waals surface area contributed by atoms with Crippen molar-refractivity contribution in [2.45, 2.75) is 0 Å². The molecule has 1 aromatic rings. The number of carbonyl (C=O) groups excluding carboxylic acids is 1. The van der Waals surface area contributed by atoms with E-state index >= 15 is 0 Å². The second-order valence-electron chi connectivity index (χ2n) is 3.63. The Balaban J connectivity index is 0. The number of carboxylic acid groups (broad SMARTS) is 4. The monoisotopic (exact) mass is 354 g/mol. The third-order valence-corrected chi connectivity index (χ3v) is 1.68. The molecule has 1 amide bonds. The van der Waals surface area contributed by atoms with Gasteiger partial charge in [-0.1, -0.05) is 0 Å². The molecule has 11 nitrogen and oxygen atoms in total. The van der Waals surface area contributed by atoms with Crippen molar-refractivity contribution in [2.24, 2.45) is 5.73 Å². The van der Waals surface area contributed by atoms with Gasteiger partial charge in [0.2, 0.25) is 5.91 Å².